The number of benzene rings is 1. The van der Waals surface area contributed by atoms with Gasteiger partial charge in [0, 0.05) is 43.2 Å². The highest BCUT2D eigenvalue weighted by Crippen LogP contribution is 2.41. The maximum Gasteiger partial charge on any atom is 0.161 e. The molecule has 39 heavy (non-hydrogen) atoms. The van der Waals surface area contributed by atoms with E-state index in [1.807, 2.05) is 12.1 Å². The van der Waals surface area contributed by atoms with E-state index in [2.05, 4.69) is 48.5 Å². The first-order valence-corrected chi connectivity index (χ1v) is 15.0. The number of rotatable bonds is 15. The molecule has 4 N–H and O–H groups in total. The number of hydrogen-bond acceptors (Lipinski definition) is 5. The lowest BCUT2D eigenvalue weighted by Crippen LogP contribution is -2.36. The number of aromatic nitrogens is 1. The third-order valence-corrected chi connectivity index (χ3v) is 8.23. The van der Waals surface area contributed by atoms with Gasteiger partial charge in [0.1, 0.15) is 11.5 Å². The summed E-state index contributed by atoms with van der Waals surface area (Å²) in [5, 5.41) is 23.5. The Balaban J connectivity index is 1.40. The molecule has 0 aliphatic heterocycles. The van der Waals surface area contributed by atoms with Crippen molar-refractivity contribution in [2.24, 2.45) is 0 Å². The normalized spacial score (nSPS) is 16.7. The lowest BCUT2D eigenvalue weighted by Gasteiger charge is -2.36. The maximum atomic E-state index is 10.6. The maximum absolute atomic E-state index is 10.6. The predicted octanol–water partition coefficient (Wildman–Crippen LogP) is 6.80. The Hall–Kier alpha value is -2.70. The molecule has 0 radical (unpaired) electrons. The molecule has 0 bridgehead atoms. The highest BCUT2D eigenvalue weighted by molar-refractivity contribution is 5.42. The van der Waals surface area contributed by atoms with Crippen molar-refractivity contribution < 1.29 is 19.4 Å². The molecule has 1 saturated carbocycles. The summed E-state index contributed by atoms with van der Waals surface area (Å²) in [7, 11) is 0. The van der Waals surface area contributed by atoms with Crippen LogP contribution in [-0.4, -0.2) is 41.0 Å². The van der Waals surface area contributed by atoms with Gasteiger partial charge in [-0.25, -0.2) is 0 Å². The van der Waals surface area contributed by atoms with Crippen LogP contribution in [0.25, 0.3) is 0 Å². The third-order valence-electron chi connectivity index (χ3n) is 8.23. The number of aliphatic hydroxyl groups is 1. The smallest absolute Gasteiger partial charge is 0.161 e. The van der Waals surface area contributed by atoms with Gasteiger partial charge in [0.25, 0.3) is 0 Å². The Morgan fingerprint density at radius 3 is 2.51 bits per heavy atom. The first-order valence-electron chi connectivity index (χ1n) is 15.0. The summed E-state index contributed by atoms with van der Waals surface area (Å²) in [6.45, 7) is 8.17. The molecule has 3 aromatic rings. The number of nitrogens with one attached hydrogen (secondary N) is 2. The monoisotopic (exact) mass is 536 g/mol. The van der Waals surface area contributed by atoms with E-state index in [0.29, 0.717) is 24.8 Å². The molecule has 2 heterocycles. The number of H-pyrrole nitrogens is 1. The van der Waals surface area contributed by atoms with Crippen molar-refractivity contribution in [2.45, 2.75) is 102 Å². The number of phenolic OH excluding ortho intramolecular Hbond substituents is 1. The van der Waals surface area contributed by atoms with Crippen LogP contribution in [0.2, 0.25) is 0 Å². The van der Waals surface area contributed by atoms with Crippen LogP contribution in [0.15, 0.2) is 47.0 Å². The van der Waals surface area contributed by atoms with Crippen molar-refractivity contribution in [3.05, 3.63) is 70.9 Å². The molecule has 1 aliphatic carbocycles. The number of phenols is 1. The van der Waals surface area contributed by atoms with E-state index >= 15 is 0 Å². The van der Waals surface area contributed by atoms with E-state index in [9.17, 15) is 10.2 Å². The fourth-order valence-corrected chi connectivity index (χ4v) is 5.70. The van der Waals surface area contributed by atoms with Crippen LogP contribution >= 0.6 is 0 Å². The van der Waals surface area contributed by atoms with Crippen molar-refractivity contribution in [3.8, 4) is 11.5 Å². The SMILES string of the molecule is CCCCc1ccc(CCc2ccc(O)c(OCC3(c4cc([C@H](C)CNC[C@H](C)O)c[nH]4)CCCCC3)c2)o1. The Bertz CT molecular complexity index is 1140. The number of ether oxygens (including phenoxy) is 1. The quantitative estimate of drug-likeness (QED) is 0.172. The molecular formula is C33H48N2O4. The number of aliphatic hydroxyl groups excluding tert-OH is 1. The summed E-state index contributed by atoms with van der Waals surface area (Å²) in [5.41, 5.74) is 3.54. The van der Waals surface area contributed by atoms with Crippen molar-refractivity contribution in [2.75, 3.05) is 19.7 Å². The van der Waals surface area contributed by atoms with E-state index < -0.39 is 0 Å². The van der Waals surface area contributed by atoms with Crippen LogP contribution in [0.1, 0.15) is 100.0 Å². The molecule has 0 saturated heterocycles. The third kappa shape index (κ3) is 8.15. The molecule has 6 nitrogen and oxygen atoms in total. The molecule has 1 aliphatic rings. The van der Waals surface area contributed by atoms with Crippen LogP contribution in [0.3, 0.4) is 0 Å². The Labute approximate surface area is 234 Å². The minimum absolute atomic E-state index is 0.0885. The number of furan rings is 1. The number of aromatic hydroxyl groups is 1. The summed E-state index contributed by atoms with van der Waals surface area (Å²) in [6, 6.07) is 12.2. The molecule has 214 valence electrons. The van der Waals surface area contributed by atoms with Gasteiger partial charge in [-0.05, 0) is 80.0 Å². The molecule has 6 heteroatoms. The minimum Gasteiger partial charge on any atom is -0.504 e. The van der Waals surface area contributed by atoms with Gasteiger partial charge in [-0.15, -0.1) is 0 Å². The van der Waals surface area contributed by atoms with Crippen molar-refractivity contribution in [3.63, 3.8) is 0 Å². The average Bonchev–Trinajstić information content (AvgIpc) is 3.61. The molecule has 0 spiro atoms. The van der Waals surface area contributed by atoms with Gasteiger partial charge in [-0.1, -0.05) is 45.6 Å². The summed E-state index contributed by atoms with van der Waals surface area (Å²) in [5.74, 6) is 3.17. The second kappa shape index (κ2) is 14.1. The van der Waals surface area contributed by atoms with E-state index in [-0.39, 0.29) is 17.3 Å². The molecule has 1 aromatic carbocycles. The largest absolute Gasteiger partial charge is 0.504 e. The highest BCUT2D eigenvalue weighted by atomic mass is 16.5. The Morgan fingerprint density at radius 2 is 1.77 bits per heavy atom. The Morgan fingerprint density at radius 1 is 1.00 bits per heavy atom. The van der Waals surface area contributed by atoms with Gasteiger partial charge in [-0.2, -0.15) is 0 Å². The molecule has 0 unspecified atom stereocenters. The molecule has 1 fully saturated rings. The number of aromatic amines is 1. The second-order valence-electron chi connectivity index (χ2n) is 11.7. The molecule has 0 amide bonds. The first-order chi connectivity index (χ1) is 18.9. The zero-order valence-electron chi connectivity index (χ0n) is 24.1. The van der Waals surface area contributed by atoms with E-state index in [4.69, 9.17) is 9.15 Å². The summed E-state index contributed by atoms with van der Waals surface area (Å²) in [4.78, 5) is 3.58. The number of hydrogen-bond donors (Lipinski definition) is 4. The minimum atomic E-state index is -0.342. The lowest BCUT2D eigenvalue weighted by atomic mass is 9.72. The lowest BCUT2D eigenvalue weighted by molar-refractivity contribution is 0.162. The van der Waals surface area contributed by atoms with Gasteiger partial charge in [-0.3, -0.25) is 0 Å². The van der Waals surface area contributed by atoms with Crippen LogP contribution in [-0.2, 0) is 24.7 Å². The zero-order valence-corrected chi connectivity index (χ0v) is 24.1. The van der Waals surface area contributed by atoms with Crippen LogP contribution in [0.5, 0.6) is 11.5 Å². The van der Waals surface area contributed by atoms with Gasteiger partial charge in [0.05, 0.1) is 12.7 Å². The summed E-state index contributed by atoms with van der Waals surface area (Å²) < 4.78 is 12.4. The summed E-state index contributed by atoms with van der Waals surface area (Å²) in [6.07, 6.45) is 12.5. The van der Waals surface area contributed by atoms with Gasteiger partial charge in [0.2, 0.25) is 0 Å². The van der Waals surface area contributed by atoms with Crippen molar-refractivity contribution in [1.82, 2.24) is 10.3 Å². The van der Waals surface area contributed by atoms with Gasteiger partial charge < -0.3 is 29.7 Å². The van der Waals surface area contributed by atoms with Crippen LogP contribution < -0.4 is 10.1 Å². The Kier molecular flexibility index (Phi) is 10.6. The van der Waals surface area contributed by atoms with Crippen LogP contribution in [0.4, 0.5) is 0 Å². The fraction of sp³-hybridized carbons (Fsp3) is 0.576. The second-order valence-corrected chi connectivity index (χ2v) is 11.7. The topological polar surface area (TPSA) is 90.6 Å². The van der Waals surface area contributed by atoms with Crippen LogP contribution in [0, 0.1) is 0 Å². The highest BCUT2D eigenvalue weighted by Gasteiger charge is 2.36. The van der Waals surface area contributed by atoms with Gasteiger partial charge >= 0.3 is 0 Å². The molecule has 4 rings (SSSR count). The van der Waals surface area contributed by atoms with Crippen molar-refractivity contribution in [1.29, 1.82) is 0 Å². The first kappa shape index (κ1) is 29.3. The summed E-state index contributed by atoms with van der Waals surface area (Å²) >= 11 is 0. The fourth-order valence-electron chi connectivity index (χ4n) is 5.70. The van der Waals surface area contributed by atoms with E-state index in [1.165, 1.54) is 36.9 Å². The van der Waals surface area contributed by atoms with Crippen molar-refractivity contribution >= 4 is 0 Å². The standard InChI is InChI=1S/C33H48N2O4/c1-4-5-9-28-13-14-29(39-28)12-10-26-11-15-30(37)31(18-26)38-23-33(16-7-6-8-17-33)32-19-27(22-35-32)24(2)20-34-21-25(3)36/h11,13-15,18-19,22,24-25,34-37H,4-10,12,16-17,20-21,23H2,1-3H3/t24-,25+/m1/s1. The number of aryl methyl sites for hydroxylation is 3. The predicted molar refractivity (Wildman–Crippen MR) is 157 cm³/mol. The number of unbranched alkanes of at least 4 members (excludes halogenated alkanes) is 1. The molecule has 2 atom stereocenters. The van der Waals surface area contributed by atoms with Gasteiger partial charge in [0.15, 0.2) is 11.5 Å². The molecular weight excluding hydrogens is 488 g/mol. The zero-order chi connectivity index (χ0) is 27.7. The average molecular weight is 537 g/mol. The van der Waals surface area contributed by atoms with E-state index in [1.54, 1.807) is 13.0 Å². The molecule has 2 aromatic heterocycles. The van der Waals surface area contributed by atoms with E-state index in [0.717, 1.165) is 62.2 Å².